The normalized spacial score (nSPS) is 10.2. The van der Waals surface area contributed by atoms with Gasteiger partial charge in [-0.2, -0.15) is 4.39 Å². The van der Waals surface area contributed by atoms with Gasteiger partial charge in [-0.05, 0) is 36.4 Å². The first-order valence-electron chi connectivity index (χ1n) is 6.17. The Balaban J connectivity index is 1.82. The molecule has 0 saturated heterocycles. The molecule has 0 aromatic heterocycles. The highest BCUT2D eigenvalue weighted by Crippen LogP contribution is 2.19. The third-order valence-electron chi connectivity index (χ3n) is 2.66. The van der Waals surface area contributed by atoms with E-state index in [0.29, 0.717) is 10.7 Å². The Morgan fingerprint density at radius 3 is 2.33 bits per heavy atom. The van der Waals surface area contributed by atoms with Gasteiger partial charge in [0.1, 0.15) is 24.0 Å². The van der Waals surface area contributed by atoms with Crippen molar-refractivity contribution in [2.45, 2.75) is 0 Å². The molecule has 110 valence electrons. The summed E-state index contributed by atoms with van der Waals surface area (Å²) < 4.78 is 36.8. The lowest BCUT2D eigenvalue weighted by atomic mass is 10.2. The summed E-state index contributed by atoms with van der Waals surface area (Å²) in [5, 5.41) is 0. The molecule has 0 aliphatic rings. The lowest BCUT2D eigenvalue weighted by Gasteiger charge is -2.09. The van der Waals surface area contributed by atoms with Crippen LogP contribution in [0.15, 0.2) is 42.5 Å². The molecule has 0 radical (unpaired) electrons. The summed E-state index contributed by atoms with van der Waals surface area (Å²) in [4.78, 5) is 0.312. The number of halogens is 2. The van der Waals surface area contributed by atoms with E-state index in [-0.39, 0.29) is 19.0 Å². The summed E-state index contributed by atoms with van der Waals surface area (Å²) in [6.45, 7) is 0.291. The van der Waals surface area contributed by atoms with Gasteiger partial charge < -0.3 is 15.2 Å². The van der Waals surface area contributed by atoms with Crippen LogP contribution in [0.1, 0.15) is 5.56 Å². The van der Waals surface area contributed by atoms with Gasteiger partial charge in [-0.15, -0.1) is 0 Å². The molecule has 0 spiro atoms. The van der Waals surface area contributed by atoms with E-state index in [1.807, 2.05) is 0 Å². The first-order valence-corrected chi connectivity index (χ1v) is 6.58. The summed E-state index contributed by atoms with van der Waals surface area (Å²) in [6, 6.07) is 10.7. The van der Waals surface area contributed by atoms with E-state index in [0.717, 1.165) is 11.6 Å². The lowest BCUT2D eigenvalue weighted by molar-refractivity contribution is 0.210. The molecule has 21 heavy (non-hydrogen) atoms. The predicted molar refractivity (Wildman–Crippen MR) is 79.7 cm³/mol. The molecule has 0 atom stereocenters. The quantitative estimate of drug-likeness (QED) is 0.658. The third kappa shape index (κ3) is 4.13. The van der Waals surface area contributed by atoms with Crippen LogP contribution in [-0.4, -0.2) is 18.2 Å². The second-order valence-corrected chi connectivity index (χ2v) is 4.58. The van der Waals surface area contributed by atoms with E-state index < -0.39 is 11.6 Å². The lowest BCUT2D eigenvalue weighted by Crippen LogP contribution is -2.11. The van der Waals surface area contributed by atoms with Crippen molar-refractivity contribution < 1.29 is 18.3 Å². The molecule has 2 aromatic carbocycles. The number of benzene rings is 2. The highest BCUT2D eigenvalue weighted by atomic mass is 32.1. The van der Waals surface area contributed by atoms with Gasteiger partial charge in [0.15, 0.2) is 11.6 Å². The molecule has 0 bridgehead atoms. The van der Waals surface area contributed by atoms with Crippen molar-refractivity contribution in [1.82, 2.24) is 0 Å². The Morgan fingerprint density at radius 1 is 1.00 bits per heavy atom. The zero-order chi connectivity index (χ0) is 15.2. The monoisotopic (exact) mass is 309 g/mol. The van der Waals surface area contributed by atoms with E-state index in [2.05, 4.69) is 0 Å². The van der Waals surface area contributed by atoms with Crippen LogP contribution in [-0.2, 0) is 0 Å². The van der Waals surface area contributed by atoms with Crippen LogP contribution in [0.5, 0.6) is 11.5 Å². The fourth-order valence-electron chi connectivity index (χ4n) is 1.62. The van der Waals surface area contributed by atoms with Gasteiger partial charge >= 0.3 is 0 Å². The van der Waals surface area contributed by atoms with Crippen LogP contribution in [0.3, 0.4) is 0 Å². The van der Waals surface area contributed by atoms with Gasteiger partial charge in [-0.25, -0.2) is 4.39 Å². The Morgan fingerprint density at radius 2 is 1.67 bits per heavy atom. The molecule has 6 heteroatoms. The molecule has 0 heterocycles. The van der Waals surface area contributed by atoms with Crippen LogP contribution < -0.4 is 15.2 Å². The van der Waals surface area contributed by atoms with Crippen molar-refractivity contribution in [3.05, 3.63) is 59.7 Å². The third-order valence-corrected chi connectivity index (χ3v) is 2.90. The highest BCUT2D eigenvalue weighted by molar-refractivity contribution is 7.80. The molecule has 0 saturated carbocycles. The SMILES string of the molecule is NC(=S)c1ccc(OCCOc2cccc(F)c2F)cc1. The number of thiocarbonyl (C=S) groups is 1. The largest absolute Gasteiger partial charge is 0.490 e. The summed E-state index contributed by atoms with van der Waals surface area (Å²) in [5.41, 5.74) is 6.23. The molecular formula is C15H13F2NO2S. The molecule has 2 N–H and O–H groups in total. The number of hydrogen-bond acceptors (Lipinski definition) is 3. The van der Waals surface area contributed by atoms with Crippen LogP contribution in [0, 0.1) is 11.6 Å². The Kier molecular flexibility index (Phi) is 5.05. The van der Waals surface area contributed by atoms with Gasteiger partial charge in [0.25, 0.3) is 0 Å². The van der Waals surface area contributed by atoms with Crippen LogP contribution in [0.4, 0.5) is 8.78 Å². The average molecular weight is 309 g/mol. The van der Waals surface area contributed by atoms with Crippen LogP contribution >= 0.6 is 12.2 Å². The fourth-order valence-corrected chi connectivity index (χ4v) is 1.76. The minimum Gasteiger partial charge on any atom is -0.490 e. The Bertz CT molecular complexity index is 632. The van der Waals surface area contributed by atoms with Crippen molar-refractivity contribution in [3.8, 4) is 11.5 Å². The van der Waals surface area contributed by atoms with Crippen molar-refractivity contribution in [2.24, 2.45) is 5.73 Å². The Hall–Kier alpha value is -2.21. The van der Waals surface area contributed by atoms with Crippen molar-refractivity contribution in [1.29, 1.82) is 0 Å². The number of hydrogen-bond donors (Lipinski definition) is 1. The fraction of sp³-hybridized carbons (Fsp3) is 0.133. The predicted octanol–water partition coefficient (Wildman–Crippen LogP) is 3.06. The second-order valence-electron chi connectivity index (χ2n) is 4.14. The molecule has 0 fully saturated rings. The molecule has 2 aromatic rings. The van der Waals surface area contributed by atoms with Gasteiger partial charge in [-0.1, -0.05) is 18.3 Å². The van der Waals surface area contributed by atoms with Crippen LogP contribution in [0.2, 0.25) is 0 Å². The molecule has 3 nitrogen and oxygen atoms in total. The minimum atomic E-state index is -1.00. The maximum Gasteiger partial charge on any atom is 0.200 e. The first-order chi connectivity index (χ1) is 10.1. The van der Waals surface area contributed by atoms with Crippen LogP contribution in [0.25, 0.3) is 0 Å². The van der Waals surface area contributed by atoms with E-state index >= 15 is 0 Å². The minimum absolute atomic E-state index is 0.0947. The molecule has 2 rings (SSSR count). The van der Waals surface area contributed by atoms with E-state index in [4.69, 9.17) is 27.4 Å². The number of rotatable bonds is 6. The summed E-state index contributed by atoms with van der Waals surface area (Å²) in [5.74, 6) is -1.47. The number of nitrogens with two attached hydrogens (primary N) is 1. The van der Waals surface area contributed by atoms with Gasteiger partial charge in [-0.3, -0.25) is 0 Å². The standard InChI is InChI=1S/C15H13F2NO2S/c16-12-2-1-3-13(14(12)17)20-9-8-19-11-6-4-10(5-7-11)15(18)21/h1-7H,8-9H2,(H2,18,21). The topological polar surface area (TPSA) is 44.5 Å². The zero-order valence-electron chi connectivity index (χ0n) is 11.0. The van der Waals surface area contributed by atoms with E-state index in [9.17, 15) is 8.78 Å². The van der Waals surface area contributed by atoms with Gasteiger partial charge in [0, 0.05) is 5.56 Å². The van der Waals surface area contributed by atoms with Crippen molar-refractivity contribution >= 4 is 17.2 Å². The van der Waals surface area contributed by atoms with Crippen molar-refractivity contribution in [2.75, 3.05) is 13.2 Å². The van der Waals surface area contributed by atoms with Crippen molar-refractivity contribution in [3.63, 3.8) is 0 Å². The zero-order valence-corrected chi connectivity index (χ0v) is 11.8. The van der Waals surface area contributed by atoms with Gasteiger partial charge in [0.05, 0.1) is 0 Å². The summed E-state index contributed by atoms with van der Waals surface area (Å²) in [6.07, 6.45) is 0. The van der Waals surface area contributed by atoms with E-state index in [1.165, 1.54) is 12.1 Å². The maximum atomic E-state index is 13.3. The molecular weight excluding hydrogens is 296 g/mol. The highest BCUT2D eigenvalue weighted by Gasteiger charge is 2.08. The summed E-state index contributed by atoms with van der Waals surface area (Å²) in [7, 11) is 0. The molecule has 0 amide bonds. The second kappa shape index (κ2) is 6.99. The Labute approximate surface area is 126 Å². The molecule has 0 unspecified atom stereocenters. The number of ether oxygens (including phenoxy) is 2. The average Bonchev–Trinajstić information content (AvgIpc) is 2.48. The molecule has 0 aliphatic carbocycles. The molecule has 0 aliphatic heterocycles. The first kappa shape index (κ1) is 15.2. The smallest absolute Gasteiger partial charge is 0.200 e. The van der Waals surface area contributed by atoms with Gasteiger partial charge in [0.2, 0.25) is 5.82 Å². The van der Waals surface area contributed by atoms with E-state index in [1.54, 1.807) is 24.3 Å². The summed E-state index contributed by atoms with van der Waals surface area (Å²) >= 11 is 4.84. The maximum absolute atomic E-state index is 13.3.